The van der Waals surface area contributed by atoms with Crippen LogP contribution in [-0.2, 0) is 6.54 Å². The van der Waals surface area contributed by atoms with Crippen LogP contribution in [0.3, 0.4) is 0 Å². The number of aromatic nitrogens is 4. The molecule has 1 atom stereocenters. The second-order valence-corrected chi connectivity index (χ2v) is 5.93. The number of nitrogens with zero attached hydrogens (tertiary/aromatic N) is 4. The van der Waals surface area contributed by atoms with Gasteiger partial charge in [0.05, 0.1) is 12.2 Å². The van der Waals surface area contributed by atoms with Crippen LogP contribution in [0.5, 0.6) is 0 Å². The summed E-state index contributed by atoms with van der Waals surface area (Å²) in [5, 5.41) is 15.0. The van der Waals surface area contributed by atoms with E-state index in [1.54, 1.807) is 12.3 Å². The summed E-state index contributed by atoms with van der Waals surface area (Å²) in [6, 6.07) is 3.92. The Labute approximate surface area is 136 Å². The van der Waals surface area contributed by atoms with E-state index in [0.717, 1.165) is 51.1 Å². The molecular weight excluding hydrogens is 292 g/mol. The molecule has 1 amide bonds. The van der Waals surface area contributed by atoms with Crippen molar-refractivity contribution in [2.75, 3.05) is 18.4 Å². The van der Waals surface area contributed by atoms with E-state index < -0.39 is 0 Å². The van der Waals surface area contributed by atoms with Crippen molar-refractivity contribution in [3.63, 3.8) is 0 Å². The number of hydrogen-bond acceptors (Lipinski definition) is 4. The molecule has 2 N–H and O–H groups in total. The maximum absolute atomic E-state index is 12.4. The summed E-state index contributed by atoms with van der Waals surface area (Å²) in [6.45, 7) is 4.91. The zero-order valence-electron chi connectivity index (χ0n) is 13.5. The van der Waals surface area contributed by atoms with E-state index in [4.69, 9.17) is 0 Å². The van der Waals surface area contributed by atoms with Crippen LogP contribution in [0, 0.1) is 0 Å². The van der Waals surface area contributed by atoms with Gasteiger partial charge in [0, 0.05) is 25.4 Å². The minimum absolute atomic E-state index is 0.189. The van der Waals surface area contributed by atoms with Gasteiger partial charge in [0.15, 0.2) is 5.69 Å². The lowest BCUT2D eigenvalue weighted by Crippen LogP contribution is -2.32. The number of hydrogen-bond donors (Lipinski definition) is 2. The fourth-order valence-electron chi connectivity index (χ4n) is 2.83. The summed E-state index contributed by atoms with van der Waals surface area (Å²) in [7, 11) is 0. The molecule has 1 aliphatic rings. The molecule has 1 saturated heterocycles. The normalized spacial score (nSPS) is 18.0. The van der Waals surface area contributed by atoms with Gasteiger partial charge >= 0.3 is 0 Å². The summed E-state index contributed by atoms with van der Waals surface area (Å²) in [6.07, 6.45) is 7.96. The second-order valence-electron chi connectivity index (χ2n) is 5.93. The van der Waals surface area contributed by atoms with Crippen LogP contribution in [0.25, 0.3) is 0 Å². The number of anilines is 1. The van der Waals surface area contributed by atoms with Crippen molar-refractivity contribution in [1.82, 2.24) is 24.9 Å². The molecule has 23 heavy (non-hydrogen) atoms. The highest BCUT2D eigenvalue weighted by molar-refractivity contribution is 6.02. The van der Waals surface area contributed by atoms with Gasteiger partial charge in [-0.1, -0.05) is 13.3 Å². The first-order valence-electron chi connectivity index (χ1n) is 8.37. The van der Waals surface area contributed by atoms with E-state index >= 15 is 0 Å². The standard InChI is InChI=1S/C16H24N6O/c1-2-3-10-22-15(6-9-18-22)19-16(23)14-7-11-21(20-14)13-5-4-8-17-12-13/h6-7,9,11,13,17H,2-5,8,10,12H2,1H3,(H,19,23). The Morgan fingerprint density at radius 1 is 1.48 bits per heavy atom. The molecule has 7 heteroatoms. The van der Waals surface area contributed by atoms with Gasteiger partial charge in [0.1, 0.15) is 5.82 Å². The third-order valence-electron chi connectivity index (χ3n) is 4.17. The lowest BCUT2D eigenvalue weighted by atomic mass is 10.1. The molecule has 3 heterocycles. The number of nitrogens with one attached hydrogen (secondary N) is 2. The molecule has 1 fully saturated rings. The molecule has 0 aliphatic carbocycles. The minimum Gasteiger partial charge on any atom is -0.315 e. The second kappa shape index (κ2) is 7.41. The predicted octanol–water partition coefficient (Wildman–Crippen LogP) is 2.06. The summed E-state index contributed by atoms with van der Waals surface area (Å²) in [4.78, 5) is 12.4. The molecule has 0 bridgehead atoms. The Hall–Kier alpha value is -2.15. The van der Waals surface area contributed by atoms with Gasteiger partial charge in [0.25, 0.3) is 5.91 Å². The molecular formula is C16H24N6O. The average Bonchev–Trinajstić information content (AvgIpc) is 3.23. The van der Waals surface area contributed by atoms with Crippen molar-refractivity contribution in [2.24, 2.45) is 0 Å². The summed E-state index contributed by atoms with van der Waals surface area (Å²) >= 11 is 0. The lowest BCUT2D eigenvalue weighted by Gasteiger charge is -2.22. The molecule has 0 aromatic carbocycles. The van der Waals surface area contributed by atoms with Gasteiger partial charge < -0.3 is 10.6 Å². The molecule has 2 aromatic heterocycles. The smallest absolute Gasteiger partial charge is 0.277 e. The van der Waals surface area contributed by atoms with Crippen LogP contribution in [-0.4, -0.2) is 38.6 Å². The Morgan fingerprint density at radius 3 is 3.17 bits per heavy atom. The predicted molar refractivity (Wildman–Crippen MR) is 88.5 cm³/mol. The molecule has 0 radical (unpaired) electrons. The number of rotatable bonds is 6. The molecule has 124 valence electrons. The van der Waals surface area contributed by atoms with Crippen LogP contribution in [0.1, 0.15) is 49.1 Å². The van der Waals surface area contributed by atoms with Crippen molar-refractivity contribution in [3.05, 3.63) is 30.2 Å². The molecule has 2 aromatic rings. The first kappa shape index (κ1) is 15.7. The quantitative estimate of drug-likeness (QED) is 0.855. The van der Waals surface area contributed by atoms with Crippen LogP contribution in [0.2, 0.25) is 0 Å². The van der Waals surface area contributed by atoms with Crippen LogP contribution in [0.4, 0.5) is 5.82 Å². The highest BCUT2D eigenvalue weighted by atomic mass is 16.2. The fourth-order valence-corrected chi connectivity index (χ4v) is 2.83. The minimum atomic E-state index is -0.189. The largest absolute Gasteiger partial charge is 0.315 e. The summed E-state index contributed by atoms with van der Waals surface area (Å²) in [5.41, 5.74) is 0.443. The number of aryl methyl sites for hydroxylation is 1. The topological polar surface area (TPSA) is 76.8 Å². The highest BCUT2D eigenvalue weighted by Crippen LogP contribution is 2.16. The van der Waals surface area contributed by atoms with E-state index in [2.05, 4.69) is 27.8 Å². The maximum atomic E-state index is 12.4. The van der Waals surface area contributed by atoms with Crippen molar-refractivity contribution in [3.8, 4) is 0 Å². The zero-order valence-corrected chi connectivity index (χ0v) is 13.5. The van der Waals surface area contributed by atoms with Gasteiger partial charge in [-0.05, 0) is 31.9 Å². The first-order chi connectivity index (χ1) is 11.3. The zero-order chi connectivity index (χ0) is 16.1. The van der Waals surface area contributed by atoms with Gasteiger partial charge in [-0.25, -0.2) is 4.68 Å². The third-order valence-corrected chi connectivity index (χ3v) is 4.17. The van der Waals surface area contributed by atoms with Crippen LogP contribution < -0.4 is 10.6 Å². The monoisotopic (exact) mass is 316 g/mol. The van der Waals surface area contributed by atoms with E-state index in [-0.39, 0.29) is 5.91 Å². The van der Waals surface area contributed by atoms with E-state index in [9.17, 15) is 4.79 Å². The number of unbranched alkanes of at least 4 members (excludes halogenated alkanes) is 1. The number of amides is 1. The van der Waals surface area contributed by atoms with Crippen molar-refractivity contribution in [2.45, 2.75) is 45.2 Å². The van der Waals surface area contributed by atoms with E-state index in [0.29, 0.717) is 11.7 Å². The van der Waals surface area contributed by atoms with Crippen LogP contribution >= 0.6 is 0 Å². The summed E-state index contributed by atoms with van der Waals surface area (Å²) < 4.78 is 3.72. The molecule has 0 saturated carbocycles. The Morgan fingerprint density at radius 2 is 2.39 bits per heavy atom. The fraction of sp³-hybridized carbons (Fsp3) is 0.562. The molecule has 1 aliphatic heterocycles. The van der Waals surface area contributed by atoms with E-state index in [1.165, 1.54) is 0 Å². The molecule has 1 unspecified atom stereocenters. The average molecular weight is 316 g/mol. The van der Waals surface area contributed by atoms with Crippen molar-refractivity contribution < 1.29 is 4.79 Å². The highest BCUT2D eigenvalue weighted by Gasteiger charge is 2.18. The van der Waals surface area contributed by atoms with Gasteiger partial charge in [-0.3, -0.25) is 9.48 Å². The Kier molecular flexibility index (Phi) is 5.07. The molecule has 0 spiro atoms. The molecule has 3 rings (SSSR count). The third kappa shape index (κ3) is 3.79. The van der Waals surface area contributed by atoms with Crippen molar-refractivity contribution >= 4 is 11.7 Å². The Bertz CT molecular complexity index is 641. The molecule has 7 nitrogen and oxygen atoms in total. The maximum Gasteiger partial charge on any atom is 0.277 e. The number of carbonyl (C=O) groups is 1. The van der Waals surface area contributed by atoms with Gasteiger partial charge in [0.2, 0.25) is 0 Å². The summed E-state index contributed by atoms with van der Waals surface area (Å²) in [5.74, 6) is 0.531. The van der Waals surface area contributed by atoms with Crippen molar-refractivity contribution in [1.29, 1.82) is 0 Å². The van der Waals surface area contributed by atoms with Crippen LogP contribution in [0.15, 0.2) is 24.5 Å². The van der Waals surface area contributed by atoms with Gasteiger partial charge in [-0.15, -0.1) is 0 Å². The van der Waals surface area contributed by atoms with E-state index in [1.807, 2.05) is 21.6 Å². The number of carbonyl (C=O) groups excluding carboxylic acids is 1. The first-order valence-corrected chi connectivity index (χ1v) is 8.37. The Balaban J connectivity index is 1.64. The van der Waals surface area contributed by atoms with Gasteiger partial charge in [-0.2, -0.15) is 10.2 Å². The lowest BCUT2D eigenvalue weighted by molar-refractivity contribution is 0.102. The number of piperidine rings is 1. The SMILES string of the molecule is CCCCn1nccc1NC(=O)c1ccn(C2CCCNC2)n1.